The topological polar surface area (TPSA) is 133 Å². The first-order valence-corrected chi connectivity index (χ1v) is 17.0. The van der Waals surface area contributed by atoms with Crippen LogP contribution in [0.25, 0.3) is 0 Å². The van der Waals surface area contributed by atoms with Crippen molar-refractivity contribution in [3.63, 3.8) is 0 Å². The molecule has 2 atom stereocenters. The van der Waals surface area contributed by atoms with Crippen LogP contribution in [-0.2, 0) is 22.8 Å². The quantitative estimate of drug-likeness (QED) is 0.196. The third-order valence-electron chi connectivity index (χ3n) is 7.29. The van der Waals surface area contributed by atoms with E-state index in [1.165, 1.54) is 19.1 Å². The van der Waals surface area contributed by atoms with Gasteiger partial charge in [0.1, 0.15) is 11.6 Å². The van der Waals surface area contributed by atoms with Crippen LogP contribution in [0.2, 0.25) is 0 Å². The van der Waals surface area contributed by atoms with Gasteiger partial charge in [0, 0.05) is 55.2 Å². The lowest BCUT2D eigenvalue weighted by Gasteiger charge is -2.25. The molecular formula is C34H41F2N3O6S. The fraction of sp³-hybridized carbons (Fsp3) is 0.382. The number of nitrogens with zero attached hydrogens (tertiary/aromatic N) is 1. The number of hydrogen-bond donors (Lipinski definition) is 3. The molecule has 0 saturated carbocycles. The molecule has 0 aliphatic heterocycles. The van der Waals surface area contributed by atoms with Crippen molar-refractivity contribution >= 4 is 27.4 Å². The van der Waals surface area contributed by atoms with Crippen molar-refractivity contribution in [1.29, 1.82) is 0 Å². The average Bonchev–Trinajstić information content (AvgIpc) is 2.99. The number of hydrogen-bond acceptors (Lipinski definition) is 7. The molecule has 2 amide bonds. The number of rotatable bonds is 16. The lowest BCUT2D eigenvalue weighted by atomic mass is 9.99. The first-order valence-electron chi connectivity index (χ1n) is 15.1. The predicted molar refractivity (Wildman–Crippen MR) is 172 cm³/mol. The number of nitrogens with one attached hydrogen (secondary N) is 2. The van der Waals surface area contributed by atoms with Gasteiger partial charge >= 0.3 is 0 Å². The molecule has 3 N–H and O–H groups in total. The van der Waals surface area contributed by atoms with Crippen LogP contribution < -0.4 is 10.6 Å². The first-order chi connectivity index (χ1) is 21.7. The highest BCUT2D eigenvalue weighted by atomic mass is 32.2. The van der Waals surface area contributed by atoms with E-state index in [0.717, 1.165) is 30.0 Å². The van der Waals surface area contributed by atoms with Crippen molar-refractivity contribution in [3.05, 3.63) is 100 Å². The van der Waals surface area contributed by atoms with E-state index in [0.29, 0.717) is 37.6 Å². The number of benzene rings is 3. The zero-order valence-electron chi connectivity index (χ0n) is 26.5. The second kappa shape index (κ2) is 16.5. The van der Waals surface area contributed by atoms with Crippen molar-refractivity contribution in [2.75, 3.05) is 25.9 Å². The van der Waals surface area contributed by atoms with Crippen molar-refractivity contribution in [2.24, 2.45) is 0 Å². The molecule has 0 radical (unpaired) electrons. The van der Waals surface area contributed by atoms with E-state index in [4.69, 9.17) is 0 Å². The maximum Gasteiger partial charge on any atom is 0.253 e. The summed E-state index contributed by atoms with van der Waals surface area (Å²) in [6, 6.07) is 12.4. The Bertz CT molecular complexity index is 1640. The Hall–Kier alpha value is -4.00. The SMILES string of the molecule is CCCN(CCC)C(=O)c1cc(C(=O)N[C@@H](Cc2cc(F)cc(F)c2)[C@H](O)CNCc2cccc(C(C)=O)c2)cc(S(C)(=O)=O)c1. The number of Topliss-reactive ketones (excluding diaryl/α,β-unsaturated/α-hetero) is 1. The second-order valence-corrected chi connectivity index (χ2v) is 13.3. The summed E-state index contributed by atoms with van der Waals surface area (Å²) in [5, 5.41) is 16.9. The van der Waals surface area contributed by atoms with Gasteiger partial charge in [-0.1, -0.05) is 32.0 Å². The Labute approximate surface area is 268 Å². The minimum atomic E-state index is -3.83. The van der Waals surface area contributed by atoms with Crippen LogP contribution in [-0.4, -0.2) is 74.1 Å². The van der Waals surface area contributed by atoms with E-state index in [9.17, 15) is 36.7 Å². The van der Waals surface area contributed by atoms with Crippen molar-refractivity contribution in [2.45, 2.75) is 63.6 Å². The van der Waals surface area contributed by atoms with Gasteiger partial charge in [-0.2, -0.15) is 0 Å². The molecule has 0 unspecified atom stereocenters. The zero-order valence-corrected chi connectivity index (χ0v) is 27.3. The Morgan fingerprint density at radius 2 is 1.50 bits per heavy atom. The Balaban J connectivity index is 1.91. The first kappa shape index (κ1) is 36.5. The summed E-state index contributed by atoms with van der Waals surface area (Å²) in [6.45, 7) is 6.40. The summed E-state index contributed by atoms with van der Waals surface area (Å²) >= 11 is 0. The highest BCUT2D eigenvalue weighted by molar-refractivity contribution is 7.90. The van der Waals surface area contributed by atoms with Gasteiger partial charge in [0.25, 0.3) is 11.8 Å². The summed E-state index contributed by atoms with van der Waals surface area (Å²) < 4.78 is 53.1. The van der Waals surface area contributed by atoms with Crippen LogP contribution in [0.15, 0.2) is 65.6 Å². The maximum absolute atomic E-state index is 14.0. The molecule has 12 heteroatoms. The summed E-state index contributed by atoms with van der Waals surface area (Å²) in [6.07, 6.45) is 0.899. The molecule has 9 nitrogen and oxygen atoms in total. The number of carbonyl (C=O) groups is 3. The molecule has 0 bridgehead atoms. The standard InChI is InChI=1S/C34H41F2N3O6S/c1-5-10-39(11-6-2)34(43)27-16-26(17-30(18-27)46(4,44)45)33(42)38-31(15-24-13-28(35)19-29(36)14-24)32(41)21-37-20-23-8-7-9-25(12-23)22(3)40/h7-9,12-14,16-19,31-32,37,41H,5-6,10-11,15,20-21H2,1-4H3,(H,38,42)/t31-,32+/m0/s1. The number of sulfone groups is 1. The largest absolute Gasteiger partial charge is 0.390 e. The molecule has 3 aromatic carbocycles. The van der Waals surface area contributed by atoms with E-state index < -0.39 is 45.4 Å². The Morgan fingerprint density at radius 1 is 0.870 bits per heavy atom. The molecule has 3 aromatic rings. The van der Waals surface area contributed by atoms with E-state index in [1.807, 2.05) is 13.8 Å². The Kier molecular flexibility index (Phi) is 13.1. The third kappa shape index (κ3) is 10.5. The molecule has 0 spiro atoms. The highest BCUT2D eigenvalue weighted by Gasteiger charge is 2.26. The highest BCUT2D eigenvalue weighted by Crippen LogP contribution is 2.19. The van der Waals surface area contributed by atoms with Gasteiger partial charge in [-0.25, -0.2) is 17.2 Å². The van der Waals surface area contributed by atoms with Gasteiger partial charge in [0.2, 0.25) is 0 Å². The molecular weight excluding hydrogens is 616 g/mol. The van der Waals surface area contributed by atoms with Crippen molar-refractivity contribution in [1.82, 2.24) is 15.5 Å². The molecule has 248 valence electrons. The lowest BCUT2D eigenvalue weighted by molar-refractivity contribution is 0.0755. The number of carbonyl (C=O) groups excluding carboxylic acids is 3. The van der Waals surface area contributed by atoms with E-state index >= 15 is 0 Å². The molecule has 0 aliphatic rings. The van der Waals surface area contributed by atoms with E-state index in [1.54, 1.807) is 29.2 Å². The molecule has 0 aliphatic carbocycles. The summed E-state index contributed by atoms with van der Waals surface area (Å²) in [7, 11) is -3.83. The molecule has 0 aromatic heterocycles. The fourth-order valence-electron chi connectivity index (χ4n) is 5.03. The second-order valence-electron chi connectivity index (χ2n) is 11.3. The molecule has 0 saturated heterocycles. The average molecular weight is 658 g/mol. The normalized spacial score (nSPS) is 12.8. The summed E-state index contributed by atoms with van der Waals surface area (Å²) in [5.74, 6) is -2.96. The zero-order chi connectivity index (χ0) is 34.0. The molecule has 3 rings (SSSR count). The van der Waals surface area contributed by atoms with Crippen LogP contribution in [0.3, 0.4) is 0 Å². The lowest BCUT2D eigenvalue weighted by Crippen LogP contribution is -2.48. The number of halogens is 2. The number of aliphatic hydroxyl groups is 1. The van der Waals surface area contributed by atoms with Crippen LogP contribution in [0.4, 0.5) is 8.78 Å². The van der Waals surface area contributed by atoms with Crippen molar-refractivity contribution in [3.8, 4) is 0 Å². The predicted octanol–water partition coefficient (Wildman–Crippen LogP) is 4.32. The van der Waals surface area contributed by atoms with Gasteiger partial charge in [-0.3, -0.25) is 14.4 Å². The van der Waals surface area contributed by atoms with Gasteiger partial charge < -0.3 is 20.6 Å². The van der Waals surface area contributed by atoms with Crippen LogP contribution >= 0.6 is 0 Å². The minimum Gasteiger partial charge on any atom is -0.390 e. The number of aliphatic hydroxyl groups excluding tert-OH is 1. The van der Waals surface area contributed by atoms with E-state index in [-0.39, 0.29) is 46.9 Å². The van der Waals surface area contributed by atoms with Crippen LogP contribution in [0, 0.1) is 11.6 Å². The van der Waals surface area contributed by atoms with E-state index in [2.05, 4.69) is 10.6 Å². The number of ketones is 1. The van der Waals surface area contributed by atoms with Gasteiger partial charge in [-0.05, 0) is 73.7 Å². The number of amides is 2. The summed E-state index contributed by atoms with van der Waals surface area (Å²) in [5.41, 5.74) is 1.37. The summed E-state index contributed by atoms with van der Waals surface area (Å²) in [4.78, 5) is 40.1. The monoisotopic (exact) mass is 657 g/mol. The maximum atomic E-state index is 14.0. The minimum absolute atomic E-state index is 0.0220. The Morgan fingerprint density at radius 3 is 2.09 bits per heavy atom. The fourth-order valence-corrected chi connectivity index (χ4v) is 5.71. The van der Waals surface area contributed by atoms with Gasteiger partial charge in [0.15, 0.2) is 15.6 Å². The van der Waals surface area contributed by atoms with Crippen molar-refractivity contribution < 1.29 is 36.7 Å². The van der Waals surface area contributed by atoms with Crippen LogP contribution in [0.1, 0.15) is 75.8 Å². The van der Waals surface area contributed by atoms with Crippen LogP contribution in [0.5, 0.6) is 0 Å². The van der Waals surface area contributed by atoms with Gasteiger partial charge in [-0.15, -0.1) is 0 Å². The smallest absolute Gasteiger partial charge is 0.253 e. The molecule has 46 heavy (non-hydrogen) atoms. The van der Waals surface area contributed by atoms with Gasteiger partial charge in [0.05, 0.1) is 17.0 Å². The third-order valence-corrected chi connectivity index (χ3v) is 8.39. The molecule has 0 heterocycles. The molecule has 0 fully saturated rings.